The summed E-state index contributed by atoms with van der Waals surface area (Å²) in [5, 5.41) is 4.73. The molecule has 0 spiro atoms. The highest BCUT2D eigenvalue weighted by Gasteiger charge is 2.38. The standard InChI is InChI=1S/C27H36N7O6P/c1-4-17(2)23(34(38-3)20-8-6-5-7-9-20)26(35)40-41(36,37)39-15-18-10-13-21(14-18)33-16-29-22-24(30-19-11-12-19)31-27(28)32-25(22)33/h5-10,13,16-19,21,23H,4,11-12,14-15H2,1-3H3,(H,36,37)(H3,28,30,31,32)/t17-,18+,21-,23-/m0/s1. The predicted octanol–water partition coefficient (Wildman–Crippen LogP) is 4.24. The average Bonchev–Trinajstić information content (AvgIpc) is 3.46. The largest absolute Gasteiger partial charge is 0.529 e. The van der Waals surface area contributed by atoms with Crippen LogP contribution in [0.1, 0.15) is 45.6 Å². The summed E-state index contributed by atoms with van der Waals surface area (Å²) < 4.78 is 25.1. The molecular weight excluding hydrogens is 549 g/mol. The van der Waals surface area contributed by atoms with Gasteiger partial charge in [-0.3, -0.25) is 14.3 Å². The van der Waals surface area contributed by atoms with Gasteiger partial charge in [-0.2, -0.15) is 9.97 Å². The maximum absolute atomic E-state index is 13.2. The van der Waals surface area contributed by atoms with Crippen molar-refractivity contribution in [3.05, 3.63) is 48.8 Å². The number of carbonyl (C=O) groups excluding carboxylic acids is 1. The average molecular weight is 586 g/mol. The second kappa shape index (κ2) is 12.2. The van der Waals surface area contributed by atoms with Crippen molar-refractivity contribution in [3.63, 3.8) is 0 Å². The first-order valence-corrected chi connectivity index (χ1v) is 15.2. The summed E-state index contributed by atoms with van der Waals surface area (Å²) in [4.78, 5) is 42.3. The number of carbonyl (C=O) groups is 1. The molecule has 0 bridgehead atoms. The van der Waals surface area contributed by atoms with Crippen LogP contribution in [0.5, 0.6) is 0 Å². The number of nitrogens with two attached hydrogens (primary N) is 1. The number of allylic oxidation sites excluding steroid dienone is 1. The topological polar surface area (TPSA) is 167 Å². The molecule has 5 rings (SSSR count). The molecule has 1 aromatic carbocycles. The predicted molar refractivity (Wildman–Crippen MR) is 154 cm³/mol. The Hall–Kier alpha value is -3.51. The summed E-state index contributed by atoms with van der Waals surface area (Å²) in [5.74, 6) is -0.585. The number of phosphoric acid groups is 1. The first kappa shape index (κ1) is 29.0. The molecule has 0 amide bonds. The molecule has 1 unspecified atom stereocenters. The van der Waals surface area contributed by atoms with Gasteiger partial charge in [-0.05, 0) is 37.3 Å². The van der Waals surface area contributed by atoms with E-state index < -0.39 is 19.8 Å². The lowest BCUT2D eigenvalue weighted by Gasteiger charge is -2.33. The van der Waals surface area contributed by atoms with E-state index in [1.807, 2.05) is 36.6 Å². The number of nitrogens with one attached hydrogen (secondary N) is 1. The molecule has 2 aliphatic rings. The monoisotopic (exact) mass is 585 g/mol. The van der Waals surface area contributed by atoms with Gasteiger partial charge in [0.05, 0.1) is 31.8 Å². The van der Waals surface area contributed by atoms with E-state index in [1.54, 1.807) is 30.6 Å². The smallest absolute Gasteiger partial charge is 0.369 e. The SMILES string of the molecule is CC[C@H](C)[C@@H](C(=O)OP(=O)(O)OC[C@@H]1C=C[C@H](n2cnc3c(NC4CC4)nc(N)nc32)C1)N(OC)c1ccccc1. The summed E-state index contributed by atoms with van der Waals surface area (Å²) in [7, 11) is -3.28. The normalized spacial score (nSPS) is 21.4. The van der Waals surface area contributed by atoms with Crippen molar-refractivity contribution in [1.29, 1.82) is 0 Å². The zero-order chi connectivity index (χ0) is 29.1. The lowest BCUT2D eigenvalue weighted by molar-refractivity contribution is -0.141. The number of fused-ring (bicyclic) bond motifs is 1. The minimum absolute atomic E-state index is 0.117. The minimum atomic E-state index is -4.72. The molecule has 2 aromatic heterocycles. The fourth-order valence-corrected chi connectivity index (χ4v) is 5.67. The summed E-state index contributed by atoms with van der Waals surface area (Å²) in [6, 6.07) is 8.31. The van der Waals surface area contributed by atoms with E-state index in [9.17, 15) is 14.3 Å². The lowest BCUT2D eigenvalue weighted by atomic mass is 9.98. The van der Waals surface area contributed by atoms with Gasteiger partial charge in [0, 0.05) is 12.0 Å². The number of hydrogen-bond donors (Lipinski definition) is 3. The lowest BCUT2D eigenvalue weighted by Crippen LogP contribution is -2.45. The fraction of sp³-hybridized carbons (Fsp3) is 0.481. The molecule has 0 saturated heterocycles. The van der Waals surface area contributed by atoms with Crippen LogP contribution in [0, 0.1) is 11.8 Å². The molecule has 0 radical (unpaired) electrons. The highest BCUT2D eigenvalue weighted by molar-refractivity contribution is 7.48. The molecule has 41 heavy (non-hydrogen) atoms. The van der Waals surface area contributed by atoms with E-state index in [2.05, 4.69) is 20.3 Å². The number of rotatable bonds is 13. The van der Waals surface area contributed by atoms with Gasteiger partial charge in [-0.1, -0.05) is 50.6 Å². The fourth-order valence-electron chi connectivity index (χ4n) is 4.90. The Morgan fingerprint density at radius 3 is 2.71 bits per heavy atom. The van der Waals surface area contributed by atoms with Crippen molar-refractivity contribution in [3.8, 4) is 0 Å². The van der Waals surface area contributed by atoms with Gasteiger partial charge < -0.3 is 20.1 Å². The summed E-state index contributed by atoms with van der Waals surface area (Å²) in [5.41, 5.74) is 7.83. The number of hydroxylamine groups is 1. The van der Waals surface area contributed by atoms with Crippen LogP contribution in [0.15, 0.2) is 48.8 Å². The van der Waals surface area contributed by atoms with Gasteiger partial charge in [-0.25, -0.2) is 19.4 Å². The second-order valence-corrected chi connectivity index (χ2v) is 11.8. The number of hydrogen-bond acceptors (Lipinski definition) is 11. The van der Waals surface area contributed by atoms with Gasteiger partial charge >= 0.3 is 13.8 Å². The van der Waals surface area contributed by atoms with E-state index in [0.717, 1.165) is 12.8 Å². The Labute approximate surface area is 238 Å². The van der Waals surface area contributed by atoms with Gasteiger partial charge in [-0.15, -0.1) is 0 Å². The van der Waals surface area contributed by atoms with Crippen LogP contribution in [-0.4, -0.2) is 56.2 Å². The summed E-state index contributed by atoms with van der Waals surface area (Å²) in [6.45, 7) is 3.64. The van der Waals surface area contributed by atoms with Crippen molar-refractivity contribution in [2.24, 2.45) is 11.8 Å². The van der Waals surface area contributed by atoms with Crippen molar-refractivity contribution < 1.29 is 28.1 Å². The van der Waals surface area contributed by atoms with Gasteiger partial charge in [0.1, 0.15) is 0 Å². The number of nitrogen functional groups attached to an aromatic ring is 1. The van der Waals surface area contributed by atoms with E-state index in [0.29, 0.717) is 41.6 Å². The van der Waals surface area contributed by atoms with Crippen LogP contribution >= 0.6 is 7.82 Å². The number of benzene rings is 1. The molecule has 0 aliphatic heterocycles. The van der Waals surface area contributed by atoms with Crippen molar-refractivity contribution in [1.82, 2.24) is 19.5 Å². The first-order chi connectivity index (χ1) is 19.7. The van der Waals surface area contributed by atoms with Crippen LogP contribution in [0.3, 0.4) is 0 Å². The van der Waals surface area contributed by atoms with Crippen molar-refractivity contribution in [2.75, 3.05) is 29.8 Å². The zero-order valence-corrected chi connectivity index (χ0v) is 24.2. The highest BCUT2D eigenvalue weighted by Crippen LogP contribution is 2.46. The van der Waals surface area contributed by atoms with E-state index in [-0.39, 0.29) is 30.4 Å². The molecule has 1 fully saturated rings. The van der Waals surface area contributed by atoms with Crippen molar-refractivity contribution in [2.45, 2.75) is 57.7 Å². The molecule has 14 heteroatoms. The maximum atomic E-state index is 13.2. The Morgan fingerprint density at radius 1 is 1.27 bits per heavy atom. The number of nitrogens with zero attached hydrogens (tertiary/aromatic N) is 5. The Bertz CT molecular complexity index is 1450. The quantitative estimate of drug-likeness (QED) is 0.148. The number of phosphoric ester groups is 1. The first-order valence-electron chi connectivity index (χ1n) is 13.7. The van der Waals surface area contributed by atoms with Gasteiger partial charge in [0.25, 0.3) is 0 Å². The number of anilines is 3. The van der Waals surface area contributed by atoms with Crippen LogP contribution < -0.4 is 16.1 Å². The van der Waals surface area contributed by atoms with Crippen molar-refractivity contribution >= 4 is 42.4 Å². The molecule has 5 atom stereocenters. The molecular formula is C27H36N7O6P. The Balaban J connectivity index is 1.21. The van der Waals surface area contributed by atoms with E-state index in [4.69, 9.17) is 19.6 Å². The van der Waals surface area contributed by atoms with Crippen LogP contribution in [-0.2, 0) is 23.2 Å². The second-order valence-electron chi connectivity index (χ2n) is 10.5. The number of para-hydroxylation sites is 1. The van der Waals surface area contributed by atoms with Crippen LogP contribution in [0.2, 0.25) is 0 Å². The highest BCUT2D eigenvalue weighted by atomic mass is 31.2. The third-order valence-corrected chi connectivity index (χ3v) is 8.29. The minimum Gasteiger partial charge on any atom is -0.369 e. The summed E-state index contributed by atoms with van der Waals surface area (Å²) in [6.07, 6.45) is 8.89. The van der Waals surface area contributed by atoms with E-state index in [1.165, 1.54) is 12.2 Å². The van der Waals surface area contributed by atoms with Gasteiger partial charge in [0.2, 0.25) is 5.95 Å². The maximum Gasteiger partial charge on any atom is 0.529 e. The Kier molecular flexibility index (Phi) is 8.60. The van der Waals surface area contributed by atoms with Crippen LogP contribution in [0.25, 0.3) is 11.2 Å². The molecule has 1 saturated carbocycles. The molecule has 2 aliphatic carbocycles. The molecule has 4 N–H and O–H groups in total. The molecule has 13 nitrogen and oxygen atoms in total. The molecule has 3 aromatic rings. The Morgan fingerprint density at radius 2 is 2.02 bits per heavy atom. The summed E-state index contributed by atoms with van der Waals surface area (Å²) >= 11 is 0. The molecule has 2 heterocycles. The third kappa shape index (κ3) is 6.70. The number of aromatic nitrogens is 4. The van der Waals surface area contributed by atoms with E-state index >= 15 is 0 Å². The van der Waals surface area contributed by atoms with Gasteiger partial charge in [0.15, 0.2) is 23.0 Å². The number of imidazole rings is 1. The third-order valence-electron chi connectivity index (χ3n) is 7.41. The zero-order valence-electron chi connectivity index (χ0n) is 23.3. The van der Waals surface area contributed by atoms with Crippen LogP contribution in [0.4, 0.5) is 17.5 Å². The molecule has 220 valence electrons.